The van der Waals surface area contributed by atoms with Crippen LogP contribution in [0.1, 0.15) is 12.5 Å². The second kappa shape index (κ2) is 5.07. The van der Waals surface area contributed by atoms with Crippen LogP contribution in [0.15, 0.2) is 18.3 Å². The number of rotatable bonds is 3. The summed E-state index contributed by atoms with van der Waals surface area (Å²) in [5.41, 5.74) is 1.01. The summed E-state index contributed by atoms with van der Waals surface area (Å²) < 4.78 is 5.31. The number of pyridine rings is 1. The van der Waals surface area contributed by atoms with Crippen molar-refractivity contribution in [2.24, 2.45) is 0 Å². The third-order valence-corrected chi connectivity index (χ3v) is 2.62. The number of aromatic nitrogens is 1. The van der Waals surface area contributed by atoms with Gasteiger partial charge in [0, 0.05) is 31.3 Å². The molecule has 1 aromatic heterocycles. The summed E-state index contributed by atoms with van der Waals surface area (Å²) in [6, 6.07) is 3.85. The highest BCUT2D eigenvalue weighted by Gasteiger charge is 2.16. The van der Waals surface area contributed by atoms with E-state index in [1.165, 1.54) is 0 Å². The molecule has 0 aliphatic carbocycles. The van der Waals surface area contributed by atoms with Crippen molar-refractivity contribution in [1.29, 1.82) is 0 Å². The summed E-state index contributed by atoms with van der Waals surface area (Å²) >= 11 is 0. The Morgan fingerprint density at radius 1 is 1.50 bits per heavy atom. The number of carbonyl (C=O) groups is 1. The van der Waals surface area contributed by atoms with Crippen molar-refractivity contribution in [2.45, 2.75) is 13.3 Å². The Bertz CT molecular complexity index is 373. The summed E-state index contributed by atoms with van der Waals surface area (Å²) in [6.45, 7) is 4.77. The minimum atomic E-state index is 0.169. The zero-order chi connectivity index (χ0) is 11.4. The van der Waals surface area contributed by atoms with E-state index in [1.807, 2.05) is 12.1 Å². The number of morpholine rings is 1. The van der Waals surface area contributed by atoms with Crippen LogP contribution < -0.4 is 4.90 Å². The van der Waals surface area contributed by atoms with Gasteiger partial charge in [-0.3, -0.25) is 4.79 Å². The normalized spacial score (nSPS) is 16.2. The minimum absolute atomic E-state index is 0.169. The van der Waals surface area contributed by atoms with Gasteiger partial charge in [0.15, 0.2) is 0 Å². The summed E-state index contributed by atoms with van der Waals surface area (Å²) in [7, 11) is 0. The Balaban J connectivity index is 2.20. The standard InChI is InChI=1S/C12H16N2O2/c1-10(15)9-11-3-2-4-13-12(11)14-5-7-16-8-6-14/h2-4H,5-9H2,1H3. The van der Waals surface area contributed by atoms with Crippen molar-refractivity contribution in [3.8, 4) is 0 Å². The van der Waals surface area contributed by atoms with E-state index in [-0.39, 0.29) is 5.78 Å². The van der Waals surface area contributed by atoms with Gasteiger partial charge in [-0.1, -0.05) is 6.07 Å². The molecule has 0 radical (unpaired) electrons. The second-order valence-corrected chi connectivity index (χ2v) is 3.96. The highest BCUT2D eigenvalue weighted by atomic mass is 16.5. The van der Waals surface area contributed by atoms with Crippen LogP contribution in [0.2, 0.25) is 0 Å². The van der Waals surface area contributed by atoms with Crippen LogP contribution in [0.4, 0.5) is 5.82 Å². The topological polar surface area (TPSA) is 42.4 Å². The summed E-state index contributed by atoms with van der Waals surface area (Å²) in [5.74, 6) is 1.10. The predicted octanol–water partition coefficient (Wildman–Crippen LogP) is 1.05. The molecule has 1 fully saturated rings. The third kappa shape index (κ3) is 2.58. The lowest BCUT2D eigenvalue weighted by molar-refractivity contribution is -0.116. The summed E-state index contributed by atoms with van der Waals surface area (Å²) in [4.78, 5) is 17.7. The van der Waals surface area contributed by atoms with Gasteiger partial charge in [0.05, 0.1) is 13.2 Å². The SMILES string of the molecule is CC(=O)Cc1cccnc1N1CCOCC1. The summed E-state index contributed by atoms with van der Waals surface area (Å²) in [5, 5.41) is 0. The van der Waals surface area contributed by atoms with E-state index in [9.17, 15) is 4.79 Å². The fourth-order valence-corrected chi connectivity index (χ4v) is 1.90. The van der Waals surface area contributed by atoms with Crippen LogP contribution in [0.3, 0.4) is 0 Å². The molecule has 4 heteroatoms. The molecule has 1 aliphatic heterocycles. The van der Waals surface area contributed by atoms with Crippen molar-refractivity contribution in [3.63, 3.8) is 0 Å². The summed E-state index contributed by atoms with van der Waals surface area (Å²) in [6.07, 6.45) is 2.23. The van der Waals surface area contributed by atoms with Crippen LogP contribution in [0.25, 0.3) is 0 Å². The average Bonchev–Trinajstić information content (AvgIpc) is 2.30. The first-order chi connectivity index (χ1) is 7.77. The lowest BCUT2D eigenvalue weighted by Gasteiger charge is -2.29. The lowest BCUT2D eigenvalue weighted by atomic mass is 10.1. The van der Waals surface area contributed by atoms with E-state index in [2.05, 4.69) is 9.88 Å². The van der Waals surface area contributed by atoms with E-state index in [0.717, 1.165) is 37.7 Å². The largest absolute Gasteiger partial charge is 0.378 e. The molecular weight excluding hydrogens is 204 g/mol. The molecule has 0 saturated carbocycles. The monoisotopic (exact) mass is 220 g/mol. The van der Waals surface area contributed by atoms with E-state index in [4.69, 9.17) is 4.74 Å². The molecular formula is C12H16N2O2. The van der Waals surface area contributed by atoms with Gasteiger partial charge in [0.25, 0.3) is 0 Å². The third-order valence-electron chi connectivity index (χ3n) is 2.62. The Kier molecular flexibility index (Phi) is 3.51. The van der Waals surface area contributed by atoms with Gasteiger partial charge in [0.2, 0.25) is 0 Å². The highest BCUT2D eigenvalue weighted by Crippen LogP contribution is 2.18. The van der Waals surface area contributed by atoms with Gasteiger partial charge >= 0.3 is 0 Å². The average molecular weight is 220 g/mol. The lowest BCUT2D eigenvalue weighted by Crippen LogP contribution is -2.37. The molecule has 1 aliphatic rings. The molecule has 0 spiro atoms. The van der Waals surface area contributed by atoms with Gasteiger partial charge in [-0.25, -0.2) is 4.98 Å². The number of hydrogen-bond donors (Lipinski definition) is 0. The molecule has 0 atom stereocenters. The molecule has 4 nitrogen and oxygen atoms in total. The maximum absolute atomic E-state index is 11.2. The van der Waals surface area contributed by atoms with Gasteiger partial charge < -0.3 is 9.64 Å². The van der Waals surface area contributed by atoms with Gasteiger partial charge in [0.1, 0.15) is 11.6 Å². The van der Waals surface area contributed by atoms with Crippen molar-refractivity contribution in [3.05, 3.63) is 23.9 Å². The number of Topliss-reactive ketones (excluding diaryl/α,β-unsaturated/α-hetero) is 1. The first kappa shape index (κ1) is 11.1. The molecule has 0 bridgehead atoms. The van der Waals surface area contributed by atoms with Crippen molar-refractivity contribution < 1.29 is 9.53 Å². The molecule has 86 valence electrons. The van der Waals surface area contributed by atoms with Crippen molar-refractivity contribution in [2.75, 3.05) is 31.2 Å². The molecule has 2 heterocycles. The quantitative estimate of drug-likeness (QED) is 0.763. The first-order valence-corrected chi connectivity index (χ1v) is 5.53. The van der Waals surface area contributed by atoms with Gasteiger partial charge in [-0.2, -0.15) is 0 Å². The number of ketones is 1. The Hall–Kier alpha value is -1.42. The van der Waals surface area contributed by atoms with E-state index in [0.29, 0.717) is 6.42 Å². The maximum atomic E-state index is 11.2. The Morgan fingerprint density at radius 3 is 2.94 bits per heavy atom. The van der Waals surface area contributed by atoms with Crippen molar-refractivity contribution in [1.82, 2.24) is 4.98 Å². The molecule has 2 rings (SSSR count). The van der Waals surface area contributed by atoms with Crippen LogP contribution in [0, 0.1) is 0 Å². The van der Waals surface area contributed by atoms with Crippen LogP contribution in [-0.2, 0) is 16.0 Å². The first-order valence-electron chi connectivity index (χ1n) is 5.53. The van der Waals surface area contributed by atoms with E-state index >= 15 is 0 Å². The van der Waals surface area contributed by atoms with Crippen LogP contribution in [0.5, 0.6) is 0 Å². The fraction of sp³-hybridized carbons (Fsp3) is 0.500. The van der Waals surface area contributed by atoms with E-state index < -0.39 is 0 Å². The second-order valence-electron chi connectivity index (χ2n) is 3.96. The number of anilines is 1. The molecule has 1 saturated heterocycles. The smallest absolute Gasteiger partial charge is 0.134 e. The van der Waals surface area contributed by atoms with Crippen LogP contribution >= 0.6 is 0 Å². The predicted molar refractivity (Wildman–Crippen MR) is 61.7 cm³/mol. The Labute approximate surface area is 95.2 Å². The molecule has 16 heavy (non-hydrogen) atoms. The zero-order valence-corrected chi connectivity index (χ0v) is 9.48. The van der Waals surface area contributed by atoms with Gasteiger partial charge in [-0.15, -0.1) is 0 Å². The highest BCUT2D eigenvalue weighted by molar-refractivity contribution is 5.79. The molecule has 0 unspecified atom stereocenters. The van der Waals surface area contributed by atoms with Crippen molar-refractivity contribution >= 4 is 11.6 Å². The number of nitrogens with zero attached hydrogens (tertiary/aromatic N) is 2. The van der Waals surface area contributed by atoms with Gasteiger partial charge in [-0.05, 0) is 13.0 Å². The Morgan fingerprint density at radius 2 is 2.25 bits per heavy atom. The zero-order valence-electron chi connectivity index (χ0n) is 9.48. The molecule has 0 amide bonds. The molecule has 0 N–H and O–H groups in total. The van der Waals surface area contributed by atoms with Crippen LogP contribution in [-0.4, -0.2) is 37.1 Å². The number of carbonyl (C=O) groups excluding carboxylic acids is 1. The molecule has 0 aromatic carbocycles. The fourth-order valence-electron chi connectivity index (χ4n) is 1.90. The van der Waals surface area contributed by atoms with E-state index in [1.54, 1.807) is 13.1 Å². The molecule has 1 aromatic rings. The number of hydrogen-bond acceptors (Lipinski definition) is 4. The maximum Gasteiger partial charge on any atom is 0.134 e. The minimum Gasteiger partial charge on any atom is -0.378 e. The number of ether oxygens (including phenoxy) is 1.